The fraction of sp³-hybridized carbons (Fsp3) is 0.143. The first-order chi connectivity index (χ1) is 12.9. The molecule has 5 nitrogen and oxygen atoms in total. The number of hydrogen-bond donors (Lipinski definition) is 1. The van der Waals surface area contributed by atoms with E-state index in [1.54, 1.807) is 0 Å². The maximum absolute atomic E-state index is 4.44. The van der Waals surface area contributed by atoms with Gasteiger partial charge in [-0.2, -0.15) is 10.2 Å². The van der Waals surface area contributed by atoms with E-state index < -0.39 is 0 Å². The zero-order valence-corrected chi connectivity index (χ0v) is 14.5. The van der Waals surface area contributed by atoms with E-state index in [9.17, 15) is 0 Å². The summed E-state index contributed by atoms with van der Waals surface area (Å²) in [5.74, 6) is 0. The highest BCUT2D eigenvalue weighted by Crippen LogP contribution is 2.08. The van der Waals surface area contributed by atoms with Crippen LogP contribution in [0, 0.1) is 0 Å². The molecule has 2 aromatic heterocycles. The summed E-state index contributed by atoms with van der Waals surface area (Å²) < 4.78 is 3.87. The molecule has 0 aliphatic rings. The van der Waals surface area contributed by atoms with Crippen molar-refractivity contribution < 1.29 is 0 Å². The minimum atomic E-state index is 0.775. The van der Waals surface area contributed by atoms with Crippen LogP contribution in [-0.4, -0.2) is 19.6 Å². The quantitative estimate of drug-likeness (QED) is 0.559. The number of hydrogen-bond acceptors (Lipinski definition) is 3. The molecule has 5 heteroatoms. The van der Waals surface area contributed by atoms with Crippen LogP contribution in [0.2, 0.25) is 0 Å². The molecule has 26 heavy (non-hydrogen) atoms. The average Bonchev–Trinajstić information content (AvgIpc) is 3.33. The maximum atomic E-state index is 4.44. The molecule has 1 N–H and O–H groups in total. The Morgan fingerprint density at radius 1 is 0.692 bits per heavy atom. The summed E-state index contributed by atoms with van der Waals surface area (Å²) in [7, 11) is 0. The van der Waals surface area contributed by atoms with Gasteiger partial charge in [0.2, 0.25) is 0 Å². The molecule has 0 atom stereocenters. The maximum Gasteiger partial charge on any atom is 0.0659 e. The number of nitrogens with zero attached hydrogens (tertiary/aromatic N) is 4. The predicted molar refractivity (Wildman–Crippen MR) is 102 cm³/mol. The molecule has 2 heterocycles. The lowest BCUT2D eigenvalue weighted by Crippen LogP contribution is -2.11. The Balaban J connectivity index is 1.29. The van der Waals surface area contributed by atoms with Gasteiger partial charge in [0.05, 0.1) is 24.6 Å². The second-order valence-corrected chi connectivity index (χ2v) is 6.26. The van der Waals surface area contributed by atoms with Crippen LogP contribution < -0.4 is 5.32 Å². The molecule has 0 saturated carbocycles. The van der Waals surface area contributed by atoms with Crippen molar-refractivity contribution >= 4 is 0 Å². The summed E-state index contributed by atoms with van der Waals surface area (Å²) >= 11 is 0. The Bertz CT molecular complexity index is 941. The predicted octanol–water partition coefficient (Wildman–Crippen LogP) is 3.41. The smallest absolute Gasteiger partial charge is 0.0659 e. The van der Waals surface area contributed by atoms with E-state index in [4.69, 9.17) is 0 Å². The van der Waals surface area contributed by atoms with Crippen LogP contribution in [0.3, 0.4) is 0 Å². The van der Waals surface area contributed by atoms with Crippen LogP contribution in [-0.2, 0) is 19.6 Å². The summed E-state index contributed by atoms with van der Waals surface area (Å²) in [5.41, 5.74) is 4.66. The second kappa shape index (κ2) is 7.80. The minimum Gasteiger partial charge on any atom is -0.308 e. The molecule has 2 aromatic carbocycles. The van der Waals surface area contributed by atoms with Gasteiger partial charge in [0.15, 0.2) is 0 Å². The van der Waals surface area contributed by atoms with Gasteiger partial charge in [-0.05, 0) is 17.7 Å². The Labute approximate surface area is 152 Å². The van der Waals surface area contributed by atoms with Crippen molar-refractivity contribution in [1.82, 2.24) is 24.9 Å². The summed E-state index contributed by atoms with van der Waals surface area (Å²) in [4.78, 5) is 0. The van der Waals surface area contributed by atoms with Crippen LogP contribution in [0.4, 0.5) is 0 Å². The van der Waals surface area contributed by atoms with Crippen LogP contribution in [0.5, 0.6) is 0 Å². The third-order valence-corrected chi connectivity index (χ3v) is 4.19. The number of benzene rings is 2. The van der Waals surface area contributed by atoms with Gasteiger partial charge < -0.3 is 5.32 Å². The van der Waals surface area contributed by atoms with E-state index in [1.807, 2.05) is 58.2 Å². The first-order valence-electron chi connectivity index (χ1n) is 8.72. The summed E-state index contributed by atoms with van der Waals surface area (Å²) in [5, 5.41) is 12.3. The van der Waals surface area contributed by atoms with Gasteiger partial charge in [-0.3, -0.25) is 4.68 Å². The molecule has 0 saturated heterocycles. The van der Waals surface area contributed by atoms with Crippen molar-refractivity contribution in [3.8, 4) is 5.69 Å². The Morgan fingerprint density at radius 3 is 2.12 bits per heavy atom. The fourth-order valence-electron chi connectivity index (χ4n) is 2.88. The van der Waals surface area contributed by atoms with E-state index in [0.29, 0.717) is 0 Å². The SMILES string of the molecule is c1ccc(Cn2cc(CNCc3cnn(-c4ccccc4)c3)cn2)cc1. The summed E-state index contributed by atoms with van der Waals surface area (Å²) in [6.45, 7) is 2.35. The number of rotatable bonds is 7. The highest BCUT2D eigenvalue weighted by Gasteiger charge is 2.02. The molecule has 0 fully saturated rings. The standard InChI is InChI=1S/C21H21N5/c1-3-7-18(8-4-1)15-25-16-19(13-23-25)11-22-12-20-14-24-26(17-20)21-9-5-2-6-10-21/h1-10,13-14,16-17,22H,11-12,15H2. The lowest BCUT2D eigenvalue weighted by atomic mass is 10.2. The zero-order chi connectivity index (χ0) is 17.6. The molecule has 0 aliphatic carbocycles. The van der Waals surface area contributed by atoms with Crippen molar-refractivity contribution in [3.05, 3.63) is 102 Å². The molecule has 4 rings (SSSR count). The second-order valence-electron chi connectivity index (χ2n) is 6.26. The van der Waals surface area contributed by atoms with Crippen molar-refractivity contribution in [2.45, 2.75) is 19.6 Å². The molecular formula is C21H21N5. The van der Waals surface area contributed by atoms with Crippen molar-refractivity contribution in [2.75, 3.05) is 0 Å². The zero-order valence-electron chi connectivity index (χ0n) is 14.5. The molecule has 0 unspecified atom stereocenters. The minimum absolute atomic E-state index is 0.775. The largest absolute Gasteiger partial charge is 0.308 e. The first kappa shape index (κ1) is 16.3. The van der Waals surface area contributed by atoms with Gasteiger partial charge in [0.25, 0.3) is 0 Å². The molecule has 0 spiro atoms. The summed E-state index contributed by atoms with van der Waals surface area (Å²) in [6, 6.07) is 20.5. The number of aromatic nitrogens is 4. The van der Waals surface area contributed by atoms with Gasteiger partial charge >= 0.3 is 0 Å². The van der Waals surface area contributed by atoms with Crippen LogP contribution in [0.15, 0.2) is 85.5 Å². The van der Waals surface area contributed by atoms with Gasteiger partial charge in [0, 0.05) is 36.6 Å². The molecule has 0 bridgehead atoms. The first-order valence-corrected chi connectivity index (χ1v) is 8.72. The van der Waals surface area contributed by atoms with Crippen LogP contribution in [0.25, 0.3) is 5.69 Å². The highest BCUT2D eigenvalue weighted by atomic mass is 15.3. The van der Waals surface area contributed by atoms with E-state index in [0.717, 1.165) is 30.9 Å². The lowest BCUT2D eigenvalue weighted by molar-refractivity contribution is 0.677. The lowest BCUT2D eigenvalue weighted by Gasteiger charge is -2.02. The van der Waals surface area contributed by atoms with Gasteiger partial charge in [-0.25, -0.2) is 4.68 Å². The van der Waals surface area contributed by atoms with Crippen molar-refractivity contribution in [1.29, 1.82) is 0 Å². The normalized spacial score (nSPS) is 10.9. The molecular weight excluding hydrogens is 322 g/mol. The van der Waals surface area contributed by atoms with Gasteiger partial charge in [0.1, 0.15) is 0 Å². The number of para-hydroxylation sites is 1. The van der Waals surface area contributed by atoms with Crippen molar-refractivity contribution in [2.24, 2.45) is 0 Å². The van der Waals surface area contributed by atoms with Crippen LogP contribution in [0.1, 0.15) is 16.7 Å². The monoisotopic (exact) mass is 343 g/mol. The third-order valence-electron chi connectivity index (χ3n) is 4.19. The Kier molecular flexibility index (Phi) is 4.89. The Morgan fingerprint density at radius 2 is 1.35 bits per heavy atom. The van der Waals surface area contributed by atoms with E-state index >= 15 is 0 Å². The van der Waals surface area contributed by atoms with E-state index in [-0.39, 0.29) is 0 Å². The van der Waals surface area contributed by atoms with Gasteiger partial charge in [-0.15, -0.1) is 0 Å². The fourth-order valence-corrected chi connectivity index (χ4v) is 2.88. The molecule has 0 amide bonds. The topological polar surface area (TPSA) is 47.7 Å². The van der Waals surface area contributed by atoms with Crippen LogP contribution >= 0.6 is 0 Å². The van der Waals surface area contributed by atoms with Crippen molar-refractivity contribution in [3.63, 3.8) is 0 Å². The third kappa shape index (κ3) is 4.07. The average molecular weight is 343 g/mol. The molecule has 130 valence electrons. The van der Waals surface area contributed by atoms with Gasteiger partial charge in [-0.1, -0.05) is 48.5 Å². The summed E-state index contributed by atoms with van der Waals surface area (Å²) in [6.07, 6.45) is 7.97. The Hall–Kier alpha value is -3.18. The number of nitrogens with one attached hydrogen (secondary N) is 1. The van der Waals surface area contributed by atoms with E-state index in [2.05, 4.69) is 52.2 Å². The molecule has 4 aromatic rings. The molecule has 0 radical (unpaired) electrons. The van der Waals surface area contributed by atoms with E-state index in [1.165, 1.54) is 11.1 Å². The highest BCUT2D eigenvalue weighted by molar-refractivity contribution is 5.30. The molecule has 0 aliphatic heterocycles.